The van der Waals surface area contributed by atoms with Crippen LogP contribution in [0.2, 0.25) is 0 Å². The molecule has 1 aliphatic rings. The molecule has 0 radical (unpaired) electrons. The predicted molar refractivity (Wildman–Crippen MR) is 105 cm³/mol. The van der Waals surface area contributed by atoms with Crippen molar-refractivity contribution in [2.24, 2.45) is 0 Å². The van der Waals surface area contributed by atoms with E-state index in [1.807, 2.05) is 37.3 Å². The standard InChI is InChI=1S/C22H27NO4/c1-14(2)18-10-9-15(3)11-21(18)26-16(4)22(24)23-12-17-13-25-19-7-5-6-8-20(19)27-17/h5-11,14,16-17H,12-13H2,1-4H3,(H,23,24)/t16-,17+/m1/s1. The van der Waals surface area contributed by atoms with Crippen molar-refractivity contribution in [1.29, 1.82) is 0 Å². The van der Waals surface area contributed by atoms with Gasteiger partial charge in [0.25, 0.3) is 5.91 Å². The Hall–Kier alpha value is -2.69. The van der Waals surface area contributed by atoms with Gasteiger partial charge in [0.2, 0.25) is 0 Å². The van der Waals surface area contributed by atoms with Crippen molar-refractivity contribution in [3.8, 4) is 17.2 Å². The lowest BCUT2D eigenvalue weighted by Crippen LogP contribution is -2.44. The molecular formula is C22H27NO4. The third-order valence-corrected chi connectivity index (χ3v) is 4.54. The molecule has 2 atom stereocenters. The minimum atomic E-state index is -0.596. The first kappa shape index (κ1) is 19.1. The minimum absolute atomic E-state index is 0.173. The van der Waals surface area contributed by atoms with Gasteiger partial charge in [-0.3, -0.25) is 4.79 Å². The number of hydrogen-bond acceptors (Lipinski definition) is 4. The van der Waals surface area contributed by atoms with Gasteiger partial charge >= 0.3 is 0 Å². The summed E-state index contributed by atoms with van der Waals surface area (Å²) in [7, 11) is 0. The van der Waals surface area contributed by atoms with E-state index in [1.54, 1.807) is 6.92 Å². The summed E-state index contributed by atoms with van der Waals surface area (Å²) in [6.45, 7) is 8.77. The van der Waals surface area contributed by atoms with Crippen LogP contribution >= 0.6 is 0 Å². The highest BCUT2D eigenvalue weighted by Crippen LogP contribution is 2.31. The predicted octanol–water partition coefficient (Wildman–Crippen LogP) is 3.84. The number of rotatable bonds is 6. The number of carbonyl (C=O) groups excluding carboxylic acids is 1. The molecule has 0 aliphatic carbocycles. The number of ether oxygens (including phenoxy) is 3. The van der Waals surface area contributed by atoms with Crippen molar-refractivity contribution in [2.45, 2.75) is 45.8 Å². The third-order valence-electron chi connectivity index (χ3n) is 4.54. The van der Waals surface area contributed by atoms with Crippen molar-refractivity contribution < 1.29 is 19.0 Å². The summed E-state index contributed by atoms with van der Waals surface area (Å²) in [5, 5.41) is 2.90. The van der Waals surface area contributed by atoms with Gasteiger partial charge in [0.15, 0.2) is 17.6 Å². The van der Waals surface area contributed by atoms with Gasteiger partial charge in [-0.2, -0.15) is 0 Å². The first-order valence-electron chi connectivity index (χ1n) is 9.37. The molecule has 3 rings (SSSR count). The lowest BCUT2D eigenvalue weighted by atomic mass is 10.0. The topological polar surface area (TPSA) is 56.8 Å². The zero-order valence-corrected chi connectivity index (χ0v) is 16.3. The summed E-state index contributed by atoms with van der Waals surface area (Å²) in [5.74, 6) is 2.35. The van der Waals surface area contributed by atoms with Crippen molar-refractivity contribution in [3.63, 3.8) is 0 Å². The second-order valence-electron chi connectivity index (χ2n) is 7.20. The first-order chi connectivity index (χ1) is 12.9. The zero-order chi connectivity index (χ0) is 19.4. The number of para-hydroxylation sites is 2. The summed E-state index contributed by atoms with van der Waals surface area (Å²) in [5.41, 5.74) is 2.20. The van der Waals surface area contributed by atoms with Gasteiger partial charge in [-0.25, -0.2) is 0 Å². The number of fused-ring (bicyclic) bond motifs is 1. The van der Waals surface area contributed by atoms with Gasteiger partial charge in [0.1, 0.15) is 18.5 Å². The maximum absolute atomic E-state index is 12.5. The van der Waals surface area contributed by atoms with Crippen LogP contribution in [0.3, 0.4) is 0 Å². The number of aryl methyl sites for hydroxylation is 1. The van der Waals surface area contributed by atoms with Crippen LogP contribution in [0.15, 0.2) is 42.5 Å². The maximum atomic E-state index is 12.5. The fraction of sp³-hybridized carbons (Fsp3) is 0.409. The Bertz CT molecular complexity index is 803. The second kappa shape index (κ2) is 8.33. The number of nitrogens with one attached hydrogen (secondary N) is 1. The Balaban J connectivity index is 1.55. The number of carbonyl (C=O) groups is 1. The summed E-state index contributed by atoms with van der Waals surface area (Å²) >= 11 is 0. The van der Waals surface area contributed by atoms with E-state index in [9.17, 15) is 4.79 Å². The monoisotopic (exact) mass is 369 g/mol. The normalized spacial score (nSPS) is 16.7. The molecule has 0 unspecified atom stereocenters. The largest absolute Gasteiger partial charge is 0.486 e. The van der Waals surface area contributed by atoms with E-state index in [4.69, 9.17) is 14.2 Å². The van der Waals surface area contributed by atoms with Crippen LogP contribution in [0.5, 0.6) is 17.2 Å². The van der Waals surface area contributed by atoms with Gasteiger partial charge < -0.3 is 19.5 Å². The molecule has 0 aromatic heterocycles. The molecule has 1 amide bonds. The molecule has 1 heterocycles. The Morgan fingerprint density at radius 1 is 1.19 bits per heavy atom. The second-order valence-corrected chi connectivity index (χ2v) is 7.20. The SMILES string of the molecule is Cc1ccc(C(C)C)c(O[C@H](C)C(=O)NC[C@H]2COc3ccccc3O2)c1. The molecule has 0 spiro atoms. The molecular weight excluding hydrogens is 342 g/mol. The van der Waals surface area contributed by atoms with E-state index in [2.05, 4.69) is 31.3 Å². The Morgan fingerprint density at radius 3 is 2.67 bits per heavy atom. The van der Waals surface area contributed by atoms with Crippen molar-refractivity contribution in [2.75, 3.05) is 13.2 Å². The molecule has 5 nitrogen and oxygen atoms in total. The van der Waals surface area contributed by atoms with Crippen LogP contribution < -0.4 is 19.5 Å². The molecule has 0 fully saturated rings. The van der Waals surface area contributed by atoms with Crippen molar-refractivity contribution >= 4 is 5.91 Å². The van der Waals surface area contributed by atoms with Crippen molar-refractivity contribution in [1.82, 2.24) is 5.32 Å². The van der Waals surface area contributed by atoms with Crippen LogP contribution in [-0.4, -0.2) is 31.3 Å². The zero-order valence-electron chi connectivity index (χ0n) is 16.3. The lowest BCUT2D eigenvalue weighted by Gasteiger charge is -2.27. The van der Waals surface area contributed by atoms with Gasteiger partial charge in [0.05, 0.1) is 6.54 Å². The Labute approximate surface area is 160 Å². The summed E-state index contributed by atoms with van der Waals surface area (Å²) in [6, 6.07) is 13.6. The molecule has 5 heteroatoms. The van der Waals surface area contributed by atoms with Gasteiger partial charge in [-0.15, -0.1) is 0 Å². The van der Waals surface area contributed by atoms with E-state index in [0.717, 1.165) is 22.6 Å². The molecule has 144 valence electrons. The van der Waals surface area contributed by atoms with Crippen LogP contribution in [0.25, 0.3) is 0 Å². The van der Waals surface area contributed by atoms with E-state index < -0.39 is 6.10 Å². The molecule has 2 aromatic carbocycles. The van der Waals surface area contributed by atoms with E-state index in [0.29, 0.717) is 24.8 Å². The van der Waals surface area contributed by atoms with E-state index in [-0.39, 0.29) is 12.0 Å². The third kappa shape index (κ3) is 4.73. The smallest absolute Gasteiger partial charge is 0.260 e. The summed E-state index contributed by atoms with van der Waals surface area (Å²) in [4.78, 5) is 12.5. The van der Waals surface area contributed by atoms with Crippen molar-refractivity contribution in [3.05, 3.63) is 53.6 Å². The van der Waals surface area contributed by atoms with Crippen LogP contribution in [-0.2, 0) is 4.79 Å². The first-order valence-corrected chi connectivity index (χ1v) is 9.37. The molecule has 0 saturated heterocycles. The maximum Gasteiger partial charge on any atom is 0.260 e. The molecule has 27 heavy (non-hydrogen) atoms. The molecule has 2 aromatic rings. The fourth-order valence-electron chi connectivity index (χ4n) is 2.99. The number of hydrogen-bond donors (Lipinski definition) is 1. The summed E-state index contributed by atoms with van der Waals surface area (Å²) < 4.78 is 17.5. The van der Waals surface area contributed by atoms with E-state index >= 15 is 0 Å². The van der Waals surface area contributed by atoms with Crippen LogP contribution in [0.4, 0.5) is 0 Å². The van der Waals surface area contributed by atoms with E-state index in [1.165, 1.54) is 0 Å². The highest BCUT2D eigenvalue weighted by molar-refractivity contribution is 5.80. The average Bonchev–Trinajstić information content (AvgIpc) is 2.65. The lowest BCUT2D eigenvalue weighted by molar-refractivity contribution is -0.127. The van der Waals surface area contributed by atoms with Crippen LogP contribution in [0.1, 0.15) is 37.8 Å². The van der Waals surface area contributed by atoms with Gasteiger partial charge in [0, 0.05) is 0 Å². The fourth-order valence-corrected chi connectivity index (χ4v) is 2.99. The Morgan fingerprint density at radius 2 is 1.93 bits per heavy atom. The number of benzene rings is 2. The minimum Gasteiger partial charge on any atom is -0.486 e. The van der Waals surface area contributed by atoms with Gasteiger partial charge in [-0.05, 0) is 49.1 Å². The Kier molecular flexibility index (Phi) is 5.89. The molecule has 0 saturated carbocycles. The molecule has 1 N–H and O–H groups in total. The van der Waals surface area contributed by atoms with Crippen LogP contribution in [0, 0.1) is 6.92 Å². The molecule has 1 aliphatic heterocycles. The highest BCUT2D eigenvalue weighted by Gasteiger charge is 2.23. The highest BCUT2D eigenvalue weighted by atomic mass is 16.6. The number of amides is 1. The summed E-state index contributed by atoms with van der Waals surface area (Å²) in [6.07, 6.45) is -0.817. The molecule has 0 bridgehead atoms. The van der Waals surface area contributed by atoms with Gasteiger partial charge in [-0.1, -0.05) is 38.1 Å². The quantitative estimate of drug-likeness (QED) is 0.840. The average molecular weight is 369 g/mol.